The summed E-state index contributed by atoms with van der Waals surface area (Å²) in [4.78, 5) is 27.0. The number of hydrogen-bond donors (Lipinski definition) is 1. The van der Waals surface area contributed by atoms with Crippen molar-refractivity contribution in [2.75, 3.05) is 13.8 Å². The van der Waals surface area contributed by atoms with Crippen LogP contribution in [0.3, 0.4) is 0 Å². The summed E-state index contributed by atoms with van der Waals surface area (Å²) >= 11 is 8.17. The van der Waals surface area contributed by atoms with E-state index >= 15 is 0 Å². The Hall–Kier alpha value is -3.39. The lowest BCUT2D eigenvalue weighted by Crippen LogP contribution is -2.62. The summed E-state index contributed by atoms with van der Waals surface area (Å²) in [7, 11) is 1.09. The molecule has 2 aromatic rings. The minimum absolute atomic E-state index is 0.356. The van der Waals surface area contributed by atoms with Gasteiger partial charge in [-0.15, -0.1) is 11.8 Å². The smallest absolute Gasteiger partial charge is 0.454 e. The highest BCUT2D eigenvalue weighted by Gasteiger charge is 2.51. The number of nitrogens with zero attached hydrogens (tertiary/aromatic N) is 3. The Morgan fingerprint density at radius 2 is 1.86 bits per heavy atom. The van der Waals surface area contributed by atoms with Crippen molar-refractivity contribution in [1.29, 1.82) is 0 Å². The van der Waals surface area contributed by atoms with Gasteiger partial charge in [0.25, 0.3) is 5.91 Å². The van der Waals surface area contributed by atoms with Crippen LogP contribution in [-0.2, 0) is 24.8 Å². The Morgan fingerprint density at radius 3 is 2.57 bits per heavy atom. The van der Waals surface area contributed by atoms with Crippen molar-refractivity contribution in [2.45, 2.75) is 55.1 Å². The van der Waals surface area contributed by atoms with Gasteiger partial charge in [-0.1, -0.05) is 41.9 Å². The molecule has 1 N–H and O–H groups in total. The van der Waals surface area contributed by atoms with Gasteiger partial charge in [-0.3, -0.25) is 9.80 Å². The number of hydrogen-bond acceptors (Lipinski definition) is 9. The van der Waals surface area contributed by atoms with Crippen molar-refractivity contribution in [2.24, 2.45) is 0 Å². The third-order valence-corrected chi connectivity index (χ3v) is 8.64. The molecule has 0 bridgehead atoms. The second kappa shape index (κ2) is 11.7. The van der Waals surface area contributed by atoms with Crippen LogP contribution in [0.25, 0.3) is 0 Å². The molecule has 0 saturated carbocycles. The van der Waals surface area contributed by atoms with Crippen LogP contribution >= 0.6 is 23.4 Å². The van der Waals surface area contributed by atoms with E-state index in [2.05, 4.69) is 4.74 Å². The molecule has 9 nitrogen and oxygen atoms in total. The lowest BCUT2D eigenvalue weighted by Gasteiger charge is -2.50. The standard InChI is InChI=1S/C28H27ClF3N3O6S/c1-15(28(30,31)32)33-14-35(23-17-8-6-9-20(29)19(17)13-42-22-10-5-4-7-18(22)23)34-12-11-21(36)25(24(34)26(33)37)40-16(2)41-27(38)39-3/h4-12,15-16,21,23,36H,13-14H2,1-3H3/t15-,16?,21?,23+/m1/s1. The Morgan fingerprint density at radius 1 is 1.14 bits per heavy atom. The molecule has 0 spiro atoms. The van der Waals surface area contributed by atoms with E-state index in [4.69, 9.17) is 21.1 Å². The molecule has 2 aromatic carbocycles. The fourth-order valence-electron chi connectivity index (χ4n) is 5.07. The molecule has 1 fully saturated rings. The van der Waals surface area contributed by atoms with Crippen LogP contribution in [0.2, 0.25) is 5.02 Å². The number of thioether (sulfide) groups is 1. The van der Waals surface area contributed by atoms with Crippen LogP contribution in [-0.4, -0.2) is 70.5 Å². The first-order valence-electron chi connectivity index (χ1n) is 12.9. The summed E-state index contributed by atoms with van der Waals surface area (Å²) in [6.45, 7) is 1.76. The van der Waals surface area contributed by atoms with Crippen LogP contribution in [0.5, 0.6) is 0 Å². The number of ether oxygens (including phenoxy) is 3. The fourth-order valence-corrected chi connectivity index (χ4v) is 6.54. The summed E-state index contributed by atoms with van der Waals surface area (Å²) in [5.74, 6) is -0.890. The Kier molecular flexibility index (Phi) is 8.39. The van der Waals surface area contributed by atoms with Gasteiger partial charge >= 0.3 is 12.3 Å². The molecule has 1 amide bonds. The molecule has 1 saturated heterocycles. The number of halogens is 4. The van der Waals surface area contributed by atoms with Gasteiger partial charge in [-0.2, -0.15) is 18.2 Å². The van der Waals surface area contributed by atoms with E-state index in [1.165, 1.54) is 24.2 Å². The SMILES string of the molecule is COC(=O)OC(C)OC1=C2C(=O)N([C@H](C)C(F)(F)F)CN([C@@H]3c4ccccc4SCc4c(Cl)cccc43)N2C=CC1O. The third-order valence-electron chi connectivity index (χ3n) is 7.17. The number of hydrazine groups is 1. The van der Waals surface area contributed by atoms with Gasteiger partial charge in [0.15, 0.2) is 11.5 Å². The van der Waals surface area contributed by atoms with E-state index in [0.29, 0.717) is 15.7 Å². The lowest BCUT2D eigenvalue weighted by molar-refractivity contribution is -0.205. The molecule has 3 aliphatic rings. The maximum atomic E-state index is 14.1. The number of aliphatic hydroxyl groups is 1. The first-order chi connectivity index (χ1) is 19.9. The van der Waals surface area contributed by atoms with Crippen molar-refractivity contribution in [3.8, 4) is 0 Å². The van der Waals surface area contributed by atoms with Crippen LogP contribution in [0, 0.1) is 0 Å². The van der Waals surface area contributed by atoms with Gasteiger partial charge in [-0.05, 0) is 41.8 Å². The number of alkyl halides is 3. The summed E-state index contributed by atoms with van der Waals surface area (Å²) in [5.41, 5.74) is 1.99. The largest absolute Gasteiger partial charge is 0.511 e. The van der Waals surface area contributed by atoms with Crippen molar-refractivity contribution < 1.29 is 42.1 Å². The zero-order valence-electron chi connectivity index (χ0n) is 22.7. The summed E-state index contributed by atoms with van der Waals surface area (Å²) in [6.07, 6.45) is -5.98. The molecule has 3 heterocycles. The first-order valence-corrected chi connectivity index (χ1v) is 14.2. The molecule has 5 rings (SSSR count). The monoisotopic (exact) mass is 625 g/mol. The average Bonchev–Trinajstić information content (AvgIpc) is 3.11. The van der Waals surface area contributed by atoms with Crippen LogP contribution in [0.1, 0.15) is 36.6 Å². The molecule has 0 aliphatic carbocycles. The zero-order chi connectivity index (χ0) is 30.3. The second-order valence-electron chi connectivity index (χ2n) is 9.71. The highest BCUT2D eigenvalue weighted by atomic mass is 35.5. The highest BCUT2D eigenvalue weighted by Crippen LogP contribution is 2.47. The number of fused-ring (bicyclic) bond motifs is 3. The van der Waals surface area contributed by atoms with E-state index in [-0.39, 0.29) is 11.5 Å². The molecule has 42 heavy (non-hydrogen) atoms. The quantitative estimate of drug-likeness (QED) is 0.339. The van der Waals surface area contributed by atoms with E-state index in [9.17, 15) is 27.9 Å². The van der Waals surface area contributed by atoms with Crippen molar-refractivity contribution >= 4 is 35.4 Å². The number of aliphatic hydroxyl groups excluding tert-OH is 1. The molecule has 4 atom stereocenters. The van der Waals surface area contributed by atoms with Gasteiger partial charge in [0.05, 0.1) is 19.8 Å². The number of methoxy groups -OCH3 is 1. The van der Waals surface area contributed by atoms with Crippen LogP contribution < -0.4 is 0 Å². The third kappa shape index (κ3) is 5.53. The van der Waals surface area contributed by atoms with Gasteiger partial charge in [-0.25, -0.2) is 4.79 Å². The Bertz CT molecular complexity index is 1450. The predicted molar refractivity (Wildman–Crippen MR) is 146 cm³/mol. The van der Waals surface area contributed by atoms with Crippen LogP contribution in [0.15, 0.2) is 71.1 Å². The minimum Gasteiger partial charge on any atom is -0.454 e. The lowest BCUT2D eigenvalue weighted by atomic mass is 9.94. The Labute approximate surface area is 249 Å². The topological polar surface area (TPSA) is 91.8 Å². The van der Waals surface area contributed by atoms with Crippen molar-refractivity contribution in [3.05, 3.63) is 87.9 Å². The average molecular weight is 626 g/mol. The second-order valence-corrected chi connectivity index (χ2v) is 11.1. The number of rotatable bonds is 5. The number of benzene rings is 2. The minimum atomic E-state index is -4.76. The maximum absolute atomic E-state index is 14.1. The highest BCUT2D eigenvalue weighted by molar-refractivity contribution is 7.98. The maximum Gasteiger partial charge on any atom is 0.511 e. The molecule has 224 valence electrons. The van der Waals surface area contributed by atoms with Gasteiger partial charge in [0.1, 0.15) is 12.1 Å². The number of amides is 1. The molecule has 0 aromatic heterocycles. The van der Waals surface area contributed by atoms with E-state index in [0.717, 1.165) is 35.6 Å². The van der Waals surface area contributed by atoms with Gasteiger partial charge in [0, 0.05) is 28.8 Å². The van der Waals surface area contributed by atoms with E-state index in [1.54, 1.807) is 28.9 Å². The first kappa shape index (κ1) is 30.1. The number of carbonyl (C=O) groups is 2. The summed E-state index contributed by atoms with van der Waals surface area (Å²) in [5, 5.41) is 14.3. The zero-order valence-corrected chi connectivity index (χ0v) is 24.2. The van der Waals surface area contributed by atoms with Gasteiger partial charge < -0.3 is 24.2 Å². The van der Waals surface area contributed by atoms with E-state index < -0.39 is 49.4 Å². The molecule has 2 unspecified atom stereocenters. The molecular weight excluding hydrogens is 599 g/mol. The van der Waals surface area contributed by atoms with Crippen molar-refractivity contribution in [3.63, 3.8) is 0 Å². The molecule has 0 radical (unpaired) electrons. The Balaban J connectivity index is 1.70. The summed E-state index contributed by atoms with van der Waals surface area (Å²) in [6, 6.07) is 10.0. The van der Waals surface area contributed by atoms with E-state index in [1.807, 2.05) is 30.3 Å². The normalized spacial score (nSPS) is 22.0. The molecular formula is C28H27ClF3N3O6S. The van der Waals surface area contributed by atoms with Crippen molar-refractivity contribution in [1.82, 2.24) is 14.9 Å². The number of carbonyl (C=O) groups excluding carboxylic acids is 2. The fraction of sp³-hybridized carbons (Fsp3) is 0.357. The summed E-state index contributed by atoms with van der Waals surface area (Å²) < 4.78 is 57.5. The predicted octanol–water partition coefficient (Wildman–Crippen LogP) is 5.55. The van der Waals surface area contributed by atoms with Gasteiger partial charge in [0.2, 0.25) is 6.29 Å². The molecule has 14 heteroatoms. The van der Waals surface area contributed by atoms with Crippen LogP contribution in [0.4, 0.5) is 18.0 Å². The molecule has 3 aliphatic heterocycles.